The van der Waals surface area contributed by atoms with Crippen molar-refractivity contribution in [1.82, 2.24) is 15.0 Å². The molecule has 51 heavy (non-hydrogen) atoms. The Bertz CT molecular complexity index is 2390. The molecule has 6 aromatic carbocycles. The summed E-state index contributed by atoms with van der Waals surface area (Å²) in [5.41, 5.74) is 9.32. The second-order valence-electron chi connectivity index (χ2n) is 13.6. The molecule has 0 saturated carbocycles. The van der Waals surface area contributed by atoms with Gasteiger partial charge in [-0.2, -0.15) is 0 Å². The van der Waals surface area contributed by atoms with Gasteiger partial charge in [-0.1, -0.05) is 146 Å². The first-order valence-electron chi connectivity index (χ1n) is 17.6. The molecular formula is C48H33N3. The van der Waals surface area contributed by atoms with Crippen LogP contribution in [-0.2, 0) is 0 Å². The molecule has 0 N–H and O–H groups in total. The van der Waals surface area contributed by atoms with Crippen LogP contribution in [0.15, 0.2) is 182 Å². The van der Waals surface area contributed by atoms with Gasteiger partial charge in [-0.3, -0.25) is 15.0 Å². The van der Waals surface area contributed by atoms with E-state index in [1.54, 1.807) is 0 Å². The van der Waals surface area contributed by atoms with Crippen LogP contribution in [0, 0.1) is 0 Å². The standard InChI is InChI=1S/C48H33N3/c1-4-13-34-28-37(25-22-31(34)10-1)46-40-16-7-18-42(49-40)47(38-26-23-32-11-2-5-14-35(32)29-38)44-20-9-21-45(51-44)48(43-19-8-17-41(46)50-43)39-27-24-33-12-3-6-15-36(33)30-39/h1-30,46-48H. The van der Waals surface area contributed by atoms with Crippen molar-refractivity contribution in [1.29, 1.82) is 0 Å². The van der Waals surface area contributed by atoms with Gasteiger partial charge in [-0.15, -0.1) is 0 Å². The third-order valence-electron chi connectivity index (χ3n) is 10.5. The van der Waals surface area contributed by atoms with Crippen molar-refractivity contribution in [2.45, 2.75) is 17.8 Å². The van der Waals surface area contributed by atoms with Crippen LogP contribution in [-0.4, -0.2) is 15.0 Å². The number of fused-ring (bicyclic) bond motifs is 9. The molecular weight excluding hydrogens is 619 g/mol. The molecule has 9 aromatic rings. The topological polar surface area (TPSA) is 38.7 Å². The Labute approximate surface area is 297 Å². The molecule has 6 bridgehead atoms. The van der Waals surface area contributed by atoms with Gasteiger partial charge in [0.1, 0.15) is 0 Å². The zero-order valence-corrected chi connectivity index (χ0v) is 27.9. The van der Waals surface area contributed by atoms with Gasteiger partial charge in [-0.25, -0.2) is 0 Å². The normalized spacial score (nSPS) is 16.8. The highest BCUT2D eigenvalue weighted by atomic mass is 14.8. The van der Waals surface area contributed by atoms with Crippen LogP contribution in [0.4, 0.5) is 0 Å². The summed E-state index contributed by atoms with van der Waals surface area (Å²) in [6.07, 6.45) is 0. The van der Waals surface area contributed by atoms with Crippen LogP contribution in [0.25, 0.3) is 32.3 Å². The van der Waals surface area contributed by atoms with Crippen molar-refractivity contribution < 1.29 is 0 Å². The first kappa shape index (κ1) is 29.5. The molecule has 0 amide bonds. The molecule has 0 unspecified atom stereocenters. The third kappa shape index (κ3) is 5.26. The van der Waals surface area contributed by atoms with Crippen LogP contribution in [0.2, 0.25) is 0 Å². The number of aromatic nitrogens is 3. The van der Waals surface area contributed by atoms with Crippen molar-refractivity contribution in [2.24, 2.45) is 0 Å². The van der Waals surface area contributed by atoms with Crippen LogP contribution in [0.1, 0.15) is 68.6 Å². The van der Waals surface area contributed by atoms with Crippen LogP contribution >= 0.6 is 0 Å². The predicted molar refractivity (Wildman–Crippen MR) is 207 cm³/mol. The number of hydrogen-bond acceptors (Lipinski definition) is 3. The van der Waals surface area contributed by atoms with E-state index in [9.17, 15) is 0 Å². The van der Waals surface area contributed by atoms with Crippen molar-refractivity contribution in [3.8, 4) is 0 Å². The molecule has 240 valence electrons. The van der Waals surface area contributed by atoms with E-state index >= 15 is 0 Å². The average molecular weight is 652 g/mol. The molecule has 0 atom stereocenters. The Morgan fingerprint density at radius 3 is 0.765 bits per heavy atom. The molecule has 0 radical (unpaired) electrons. The van der Waals surface area contributed by atoms with Gasteiger partial charge in [0, 0.05) is 0 Å². The lowest BCUT2D eigenvalue weighted by Gasteiger charge is -2.25. The molecule has 0 fully saturated rings. The lowest BCUT2D eigenvalue weighted by molar-refractivity contribution is 0.773. The highest BCUT2D eigenvalue weighted by molar-refractivity contribution is 5.85. The van der Waals surface area contributed by atoms with Crippen molar-refractivity contribution in [2.75, 3.05) is 0 Å². The summed E-state index contributed by atoms with van der Waals surface area (Å²) in [5, 5.41) is 7.27. The summed E-state index contributed by atoms with van der Waals surface area (Å²) >= 11 is 0. The summed E-state index contributed by atoms with van der Waals surface area (Å²) in [5.74, 6) is -0.515. The van der Waals surface area contributed by atoms with Crippen LogP contribution < -0.4 is 0 Å². The molecule has 0 saturated heterocycles. The smallest absolute Gasteiger partial charge is 0.0686 e. The summed E-state index contributed by atoms with van der Waals surface area (Å²) in [6.45, 7) is 0. The number of benzene rings is 6. The third-order valence-corrected chi connectivity index (χ3v) is 10.5. The van der Waals surface area contributed by atoms with Gasteiger partial charge < -0.3 is 0 Å². The predicted octanol–water partition coefficient (Wildman–Crippen LogP) is 11.2. The Hall–Kier alpha value is -6.45. The fourth-order valence-electron chi connectivity index (χ4n) is 8.01. The van der Waals surface area contributed by atoms with E-state index in [1.165, 1.54) is 49.0 Å². The van der Waals surface area contributed by atoms with Gasteiger partial charge >= 0.3 is 0 Å². The van der Waals surface area contributed by atoms with Gasteiger partial charge in [0.25, 0.3) is 0 Å². The average Bonchev–Trinajstić information content (AvgIpc) is 3.18. The van der Waals surface area contributed by atoms with Gasteiger partial charge in [0.05, 0.1) is 51.9 Å². The molecule has 4 heterocycles. The van der Waals surface area contributed by atoms with E-state index in [0.29, 0.717) is 0 Å². The molecule has 0 aliphatic carbocycles. The zero-order valence-electron chi connectivity index (χ0n) is 27.9. The summed E-state index contributed by atoms with van der Waals surface area (Å²) in [4.78, 5) is 16.6. The maximum Gasteiger partial charge on any atom is 0.0686 e. The fraction of sp³-hybridized carbons (Fsp3) is 0.0625. The minimum atomic E-state index is -0.172. The minimum absolute atomic E-state index is 0.172. The summed E-state index contributed by atoms with van der Waals surface area (Å²) in [7, 11) is 0. The molecule has 1 aliphatic rings. The quantitative estimate of drug-likeness (QED) is 0.191. The van der Waals surface area contributed by atoms with Crippen LogP contribution in [0.5, 0.6) is 0 Å². The van der Waals surface area contributed by atoms with Gasteiger partial charge in [0.2, 0.25) is 0 Å². The van der Waals surface area contributed by atoms with E-state index < -0.39 is 0 Å². The second kappa shape index (κ2) is 12.2. The van der Waals surface area contributed by atoms with Crippen LogP contribution in [0.3, 0.4) is 0 Å². The maximum atomic E-state index is 5.52. The van der Waals surface area contributed by atoms with Crippen molar-refractivity contribution in [3.05, 3.63) is 233 Å². The number of nitrogens with zero attached hydrogens (tertiary/aromatic N) is 3. The lowest BCUT2D eigenvalue weighted by Crippen LogP contribution is -2.17. The SMILES string of the molecule is c1cc2nc(c1)C(c1ccc3ccccc3c1)c1cccc(n1)C(c1ccc3ccccc3c1)c1cccc(n1)C2c1ccc2ccccc2c1. The highest BCUT2D eigenvalue weighted by Gasteiger charge is 2.29. The van der Waals surface area contributed by atoms with E-state index in [0.717, 1.165) is 34.2 Å². The first-order chi connectivity index (χ1) is 25.2. The van der Waals surface area contributed by atoms with E-state index in [1.807, 2.05) is 0 Å². The van der Waals surface area contributed by atoms with Crippen molar-refractivity contribution >= 4 is 32.3 Å². The number of pyridine rings is 3. The second-order valence-corrected chi connectivity index (χ2v) is 13.6. The van der Waals surface area contributed by atoms with Crippen molar-refractivity contribution in [3.63, 3.8) is 0 Å². The highest BCUT2D eigenvalue weighted by Crippen LogP contribution is 2.40. The fourth-order valence-corrected chi connectivity index (χ4v) is 8.01. The molecule has 10 rings (SSSR count). The maximum absolute atomic E-state index is 5.52. The summed E-state index contributed by atoms with van der Waals surface area (Å²) in [6, 6.07) is 65.4. The molecule has 3 heteroatoms. The summed E-state index contributed by atoms with van der Waals surface area (Å²) < 4.78 is 0. The van der Waals surface area contributed by atoms with E-state index in [4.69, 9.17) is 15.0 Å². The van der Waals surface area contributed by atoms with Gasteiger partial charge in [-0.05, 0) is 85.4 Å². The molecule has 3 nitrogen and oxygen atoms in total. The Morgan fingerprint density at radius 1 is 0.235 bits per heavy atom. The lowest BCUT2D eigenvalue weighted by atomic mass is 9.85. The molecule has 0 spiro atoms. The van der Waals surface area contributed by atoms with E-state index in [2.05, 4.69) is 182 Å². The number of rotatable bonds is 3. The molecule has 1 aliphatic heterocycles. The Morgan fingerprint density at radius 2 is 0.490 bits per heavy atom. The van der Waals surface area contributed by atoms with Gasteiger partial charge in [0.15, 0.2) is 0 Å². The van der Waals surface area contributed by atoms with E-state index in [-0.39, 0.29) is 17.8 Å². The zero-order chi connectivity index (χ0) is 33.7. The Balaban J connectivity index is 1.26. The molecule has 3 aromatic heterocycles. The number of hydrogen-bond donors (Lipinski definition) is 0. The minimum Gasteiger partial charge on any atom is -0.256 e. The monoisotopic (exact) mass is 651 g/mol. The largest absolute Gasteiger partial charge is 0.256 e. The first-order valence-corrected chi connectivity index (χ1v) is 17.6. The Kier molecular flexibility index (Phi) is 7.02.